The average Bonchev–Trinajstić information content (AvgIpc) is 3.12. The highest BCUT2D eigenvalue weighted by Crippen LogP contribution is 2.30. The fraction of sp³-hybridized carbons (Fsp3) is 0.571. The standard InChI is InChI=1S/C14H21FN2/c1-2-3-9-17(11-7-8-11)10-12-13(15)5-4-6-14(12)16/h4-6,11H,2-3,7-10,16H2,1H3. The lowest BCUT2D eigenvalue weighted by Crippen LogP contribution is -2.27. The van der Waals surface area contributed by atoms with E-state index in [1.165, 1.54) is 31.7 Å². The molecular formula is C14H21FN2. The topological polar surface area (TPSA) is 29.3 Å². The smallest absolute Gasteiger partial charge is 0.129 e. The van der Waals surface area contributed by atoms with Gasteiger partial charge in [0.25, 0.3) is 0 Å². The van der Waals surface area contributed by atoms with Crippen LogP contribution in [0.2, 0.25) is 0 Å². The zero-order chi connectivity index (χ0) is 12.3. The number of anilines is 1. The summed E-state index contributed by atoms with van der Waals surface area (Å²) in [6, 6.07) is 5.60. The molecule has 2 rings (SSSR count). The Kier molecular flexibility index (Phi) is 4.00. The molecule has 0 atom stereocenters. The van der Waals surface area contributed by atoms with E-state index >= 15 is 0 Å². The lowest BCUT2D eigenvalue weighted by atomic mass is 10.1. The molecule has 3 heteroatoms. The Morgan fingerprint density at radius 1 is 1.41 bits per heavy atom. The normalized spacial score (nSPS) is 15.5. The van der Waals surface area contributed by atoms with Gasteiger partial charge in [-0.15, -0.1) is 0 Å². The molecule has 0 amide bonds. The van der Waals surface area contributed by atoms with Gasteiger partial charge in [0.05, 0.1) is 0 Å². The monoisotopic (exact) mass is 236 g/mol. The number of hydrogen-bond acceptors (Lipinski definition) is 2. The Hall–Kier alpha value is -1.09. The fourth-order valence-corrected chi connectivity index (χ4v) is 2.14. The fourth-order valence-electron chi connectivity index (χ4n) is 2.14. The van der Waals surface area contributed by atoms with Gasteiger partial charge in [0.1, 0.15) is 5.82 Å². The van der Waals surface area contributed by atoms with Crippen molar-refractivity contribution in [2.24, 2.45) is 0 Å². The number of rotatable bonds is 6. The molecule has 1 aliphatic carbocycles. The van der Waals surface area contributed by atoms with Crippen molar-refractivity contribution in [3.8, 4) is 0 Å². The van der Waals surface area contributed by atoms with Crippen LogP contribution in [-0.4, -0.2) is 17.5 Å². The van der Waals surface area contributed by atoms with Crippen molar-refractivity contribution < 1.29 is 4.39 Å². The number of hydrogen-bond donors (Lipinski definition) is 1. The molecule has 17 heavy (non-hydrogen) atoms. The van der Waals surface area contributed by atoms with Crippen LogP contribution in [0.1, 0.15) is 38.2 Å². The molecule has 2 nitrogen and oxygen atoms in total. The molecule has 0 aliphatic heterocycles. The molecule has 1 saturated carbocycles. The van der Waals surface area contributed by atoms with Gasteiger partial charge in [0.15, 0.2) is 0 Å². The summed E-state index contributed by atoms with van der Waals surface area (Å²) in [6.45, 7) is 3.89. The zero-order valence-corrected chi connectivity index (χ0v) is 10.5. The minimum atomic E-state index is -0.174. The van der Waals surface area contributed by atoms with Gasteiger partial charge in [0.2, 0.25) is 0 Å². The van der Waals surface area contributed by atoms with Crippen LogP contribution in [0.3, 0.4) is 0 Å². The highest BCUT2D eigenvalue weighted by molar-refractivity contribution is 5.47. The second-order valence-corrected chi connectivity index (χ2v) is 4.86. The minimum absolute atomic E-state index is 0.174. The van der Waals surface area contributed by atoms with Crippen molar-refractivity contribution in [2.75, 3.05) is 12.3 Å². The molecule has 0 aromatic heterocycles. The second-order valence-electron chi connectivity index (χ2n) is 4.86. The van der Waals surface area contributed by atoms with Crippen LogP contribution in [0, 0.1) is 5.82 Å². The third-order valence-electron chi connectivity index (χ3n) is 3.38. The van der Waals surface area contributed by atoms with Crippen molar-refractivity contribution in [2.45, 2.75) is 45.2 Å². The molecule has 0 spiro atoms. The highest BCUT2D eigenvalue weighted by atomic mass is 19.1. The first kappa shape index (κ1) is 12.4. The maximum absolute atomic E-state index is 13.7. The van der Waals surface area contributed by atoms with Crippen LogP contribution in [0.15, 0.2) is 18.2 Å². The minimum Gasteiger partial charge on any atom is -0.398 e. The van der Waals surface area contributed by atoms with Gasteiger partial charge < -0.3 is 5.73 Å². The first-order valence-electron chi connectivity index (χ1n) is 6.49. The number of nitrogen functional groups attached to an aromatic ring is 1. The predicted octanol–water partition coefficient (Wildman–Crippen LogP) is 3.17. The molecule has 1 aliphatic rings. The summed E-state index contributed by atoms with van der Waals surface area (Å²) in [5.74, 6) is -0.174. The molecule has 1 fully saturated rings. The van der Waals surface area contributed by atoms with E-state index in [1.54, 1.807) is 12.1 Å². The summed E-state index contributed by atoms with van der Waals surface area (Å²) in [5.41, 5.74) is 7.09. The van der Waals surface area contributed by atoms with E-state index in [9.17, 15) is 4.39 Å². The van der Waals surface area contributed by atoms with E-state index in [1.807, 2.05) is 0 Å². The van der Waals surface area contributed by atoms with Crippen molar-refractivity contribution in [1.82, 2.24) is 4.90 Å². The maximum Gasteiger partial charge on any atom is 0.129 e. The average molecular weight is 236 g/mol. The molecule has 0 radical (unpaired) electrons. The summed E-state index contributed by atoms with van der Waals surface area (Å²) >= 11 is 0. The van der Waals surface area contributed by atoms with E-state index in [2.05, 4.69) is 11.8 Å². The van der Waals surface area contributed by atoms with Crippen LogP contribution in [0.4, 0.5) is 10.1 Å². The van der Waals surface area contributed by atoms with Crippen molar-refractivity contribution in [3.05, 3.63) is 29.6 Å². The third-order valence-corrected chi connectivity index (χ3v) is 3.38. The maximum atomic E-state index is 13.7. The van der Waals surface area contributed by atoms with Gasteiger partial charge in [-0.25, -0.2) is 4.39 Å². The van der Waals surface area contributed by atoms with Crippen molar-refractivity contribution in [3.63, 3.8) is 0 Å². The molecule has 1 aromatic carbocycles. The number of nitrogens with zero attached hydrogens (tertiary/aromatic N) is 1. The summed E-state index contributed by atoms with van der Waals surface area (Å²) in [4.78, 5) is 2.37. The van der Waals surface area contributed by atoms with Crippen LogP contribution < -0.4 is 5.73 Å². The molecule has 0 bridgehead atoms. The van der Waals surface area contributed by atoms with Crippen LogP contribution in [-0.2, 0) is 6.54 Å². The number of benzene rings is 1. The van der Waals surface area contributed by atoms with Crippen LogP contribution >= 0.6 is 0 Å². The number of nitrogens with two attached hydrogens (primary N) is 1. The Labute approximate surface area is 103 Å². The molecule has 2 N–H and O–H groups in total. The van der Waals surface area contributed by atoms with E-state index in [4.69, 9.17) is 5.73 Å². The SMILES string of the molecule is CCCCN(Cc1c(N)cccc1F)C1CC1. The third kappa shape index (κ3) is 3.19. The highest BCUT2D eigenvalue weighted by Gasteiger charge is 2.29. The Balaban J connectivity index is 2.06. The number of unbranched alkanes of at least 4 members (excludes halogenated alkanes) is 1. The second kappa shape index (κ2) is 5.50. The van der Waals surface area contributed by atoms with Gasteiger partial charge in [-0.2, -0.15) is 0 Å². The van der Waals surface area contributed by atoms with Crippen molar-refractivity contribution in [1.29, 1.82) is 0 Å². The molecule has 94 valence electrons. The van der Waals surface area contributed by atoms with Gasteiger partial charge in [0, 0.05) is 23.8 Å². The molecule has 0 heterocycles. The molecule has 0 unspecified atom stereocenters. The van der Waals surface area contributed by atoms with Crippen LogP contribution in [0.5, 0.6) is 0 Å². The van der Waals surface area contributed by atoms with E-state index < -0.39 is 0 Å². The van der Waals surface area contributed by atoms with Crippen LogP contribution in [0.25, 0.3) is 0 Å². The summed E-state index contributed by atoms with van der Waals surface area (Å²) in [5, 5.41) is 0. The molecular weight excluding hydrogens is 215 g/mol. The summed E-state index contributed by atoms with van der Waals surface area (Å²) < 4.78 is 13.7. The summed E-state index contributed by atoms with van der Waals surface area (Å²) in [6.07, 6.45) is 4.84. The first-order chi connectivity index (χ1) is 8.22. The van der Waals surface area contributed by atoms with Gasteiger partial charge >= 0.3 is 0 Å². The zero-order valence-electron chi connectivity index (χ0n) is 10.5. The lowest BCUT2D eigenvalue weighted by Gasteiger charge is -2.22. The van der Waals surface area contributed by atoms with E-state index in [-0.39, 0.29) is 5.82 Å². The predicted molar refractivity (Wildman–Crippen MR) is 69.2 cm³/mol. The Bertz CT molecular complexity index is 354. The van der Waals surface area contributed by atoms with E-state index in [0.717, 1.165) is 6.54 Å². The van der Waals surface area contributed by atoms with Gasteiger partial charge in [-0.3, -0.25) is 4.90 Å². The molecule has 0 saturated heterocycles. The van der Waals surface area contributed by atoms with Gasteiger partial charge in [-0.1, -0.05) is 19.4 Å². The molecule has 1 aromatic rings. The largest absolute Gasteiger partial charge is 0.398 e. The first-order valence-corrected chi connectivity index (χ1v) is 6.49. The number of halogens is 1. The lowest BCUT2D eigenvalue weighted by molar-refractivity contribution is 0.248. The summed E-state index contributed by atoms with van der Waals surface area (Å²) in [7, 11) is 0. The van der Waals surface area contributed by atoms with E-state index in [0.29, 0.717) is 23.8 Å². The Morgan fingerprint density at radius 3 is 2.76 bits per heavy atom. The Morgan fingerprint density at radius 2 is 2.18 bits per heavy atom. The quantitative estimate of drug-likeness (QED) is 0.769. The van der Waals surface area contributed by atoms with Crippen molar-refractivity contribution >= 4 is 5.69 Å². The van der Waals surface area contributed by atoms with Gasteiger partial charge in [-0.05, 0) is 37.9 Å².